The number of carbonyl (C=O) groups excluding carboxylic acids is 1. The van der Waals surface area contributed by atoms with Crippen LogP contribution in [0.5, 0.6) is 11.5 Å². The zero-order valence-electron chi connectivity index (χ0n) is 17.3. The molecule has 2 heterocycles. The van der Waals surface area contributed by atoms with Crippen molar-refractivity contribution in [3.8, 4) is 17.6 Å². The molecule has 0 radical (unpaired) electrons. The number of nitriles is 1. The summed E-state index contributed by atoms with van der Waals surface area (Å²) in [6.45, 7) is 3.47. The van der Waals surface area contributed by atoms with Gasteiger partial charge in [0.25, 0.3) is 11.5 Å². The van der Waals surface area contributed by atoms with Gasteiger partial charge in [-0.3, -0.25) is 14.2 Å². The van der Waals surface area contributed by atoms with E-state index in [2.05, 4.69) is 10.3 Å². The number of ether oxygens (including phenoxy) is 1. The van der Waals surface area contributed by atoms with Gasteiger partial charge in [-0.25, -0.2) is 4.98 Å². The molecule has 174 valence electrons. The average Bonchev–Trinajstić information content (AvgIpc) is 2.81. The predicted octanol–water partition coefficient (Wildman–Crippen LogP) is 4.47. The number of nitrogens with zero attached hydrogens (tertiary/aromatic N) is 3. The monoisotopic (exact) mass is 500 g/mol. The summed E-state index contributed by atoms with van der Waals surface area (Å²) in [6.07, 6.45) is -2.74. The number of rotatable bonds is 4. The number of benzene rings is 1. The van der Waals surface area contributed by atoms with Crippen molar-refractivity contribution in [3.63, 3.8) is 0 Å². The van der Waals surface area contributed by atoms with Gasteiger partial charge < -0.3 is 10.1 Å². The van der Waals surface area contributed by atoms with Gasteiger partial charge in [0.15, 0.2) is 5.69 Å². The Morgan fingerprint density at radius 3 is 2.58 bits per heavy atom. The normalized spacial score (nSPS) is 21.0. The SMILES string of the molecule is CC1NC(=O)C(Cl)=CC(Cn2cnc(C(F)(F)F)c(Oc3cc(Cl)cc(C#N)c3)c2=O)C1C. The molecule has 3 unspecified atom stereocenters. The highest BCUT2D eigenvalue weighted by molar-refractivity contribution is 6.42. The molecule has 1 amide bonds. The van der Waals surface area contributed by atoms with E-state index in [9.17, 15) is 22.8 Å². The Kier molecular flexibility index (Phi) is 7.05. The molecule has 33 heavy (non-hydrogen) atoms. The molecule has 0 bridgehead atoms. The number of hydrogen-bond donors (Lipinski definition) is 1. The number of allylic oxidation sites excluding steroid dienone is 1. The molecule has 1 aromatic heterocycles. The molecule has 1 aliphatic heterocycles. The first-order valence-corrected chi connectivity index (χ1v) is 10.4. The van der Waals surface area contributed by atoms with Crippen molar-refractivity contribution < 1.29 is 22.7 Å². The summed E-state index contributed by atoms with van der Waals surface area (Å²) in [5.74, 6) is -2.43. The molecule has 7 nitrogen and oxygen atoms in total. The summed E-state index contributed by atoms with van der Waals surface area (Å²) in [6, 6.07) is 5.12. The van der Waals surface area contributed by atoms with Crippen molar-refractivity contribution in [1.29, 1.82) is 5.26 Å². The van der Waals surface area contributed by atoms with E-state index in [0.29, 0.717) is 0 Å². The molecule has 0 saturated heterocycles. The van der Waals surface area contributed by atoms with Gasteiger partial charge in [-0.2, -0.15) is 18.4 Å². The lowest BCUT2D eigenvalue weighted by Gasteiger charge is -2.25. The molecule has 1 N–H and O–H groups in total. The Balaban J connectivity index is 2.07. The lowest BCUT2D eigenvalue weighted by Crippen LogP contribution is -2.38. The Morgan fingerprint density at radius 1 is 1.24 bits per heavy atom. The van der Waals surface area contributed by atoms with Crippen LogP contribution in [0.25, 0.3) is 0 Å². The number of alkyl halides is 3. The summed E-state index contributed by atoms with van der Waals surface area (Å²) in [7, 11) is 0. The van der Waals surface area contributed by atoms with Crippen LogP contribution >= 0.6 is 23.2 Å². The molecule has 3 atom stereocenters. The highest BCUT2D eigenvalue weighted by Gasteiger charge is 2.39. The second-order valence-corrected chi connectivity index (χ2v) is 8.41. The van der Waals surface area contributed by atoms with Crippen LogP contribution in [0, 0.1) is 23.2 Å². The van der Waals surface area contributed by atoms with Crippen molar-refractivity contribution in [2.75, 3.05) is 0 Å². The van der Waals surface area contributed by atoms with Gasteiger partial charge in [0.05, 0.1) is 18.0 Å². The molecule has 0 spiro atoms. The molecule has 0 fully saturated rings. The van der Waals surface area contributed by atoms with Crippen molar-refractivity contribution in [2.24, 2.45) is 11.8 Å². The third-order valence-corrected chi connectivity index (χ3v) is 5.81. The van der Waals surface area contributed by atoms with Gasteiger partial charge in [0.2, 0.25) is 5.75 Å². The minimum absolute atomic E-state index is 0.0356. The van der Waals surface area contributed by atoms with Gasteiger partial charge in [-0.1, -0.05) is 36.2 Å². The van der Waals surface area contributed by atoms with Crippen LogP contribution in [0.1, 0.15) is 25.1 Å². The van der Waals surface area contributed by atoms with Crippen LogP contribution in [0.2, 0.25) is 5.02 Å². The van der Waals surface area contributed by atoms with Crippen LogP contribution in [-0.2, 0) is 17.5 Å². The summed E-state index contributed by atoms with van der Waals surface area (Å²) >= 11 is 11.9. The van der Waals surface area contributed by atoms with E-state index < -0.39 is 35.0 Å². The minimum Gasteiger partial charge on any atom is -0.449 e. The lowest BCUT2D eigenvalue weighted by atomic mass is 9.88. The summed E-state index contributed by atoms with van der Waals surface area (Å²) < 4.78 is 46.9. The van der Waals surface area contributed by atoms with Gasteiger partial charge in [0.1, 0.15) is 10.8 Å². The fourth-order valence-electron chi connectivity index (χ4n) is 3.34. The number of halogens is 5. The van der Waals surface area contributed by atoms with Crippen molar-refractivity contribution in [1.82, 2.24) is 14.9 Å². The molecule has 1 aliphatic rings. The van der Waals surface area contributed by atoms with Crippen LogP contribution in [-0.4, -0.2) is 21.5 Å². The number of carbonyl (C=O) groups is 1. The van der Waals surface area contributed by atoms with Crippen LogP contribution in [0.4, 0.5) is 13.2 Å². The Hall–Kier alpha value is -3.03. The van der Waals surface area contributed by atoms with E-state index in [1.165, 1.54) is 18.2 Å². The van der Waals surface area contributed by atoms with E-state index >= 15 is 0 Å². The van der Waals surface area contributed by atoms with Gasteiger partial charge >= 0.3 is 6.18 Å². The first kappa shape index (κ1) is 24.6. The van der Waals surface area contributed by atoms with Gasteiger partial charge in [-0.05, 0) is 31.0 Å². The second kappa shape index (κ2) is 9.45. The maximum Gasteiger partial charge on any atom is 0.437 e. The Labute approximate surface area is 196 Å². The molecular formula is C21H17Cl2F3N4O3. The third kappa shape index (κ3) is 5.49. The van der Waals surface area contributed by atoms with E-state index in [0.717, 1.165) is 17.0 Å². The number of hydrogen-bond acceptors (Lipinski definition) is 5. The molecule has 3 rings (SSSR count). The van der Waals surface area contributed by atoms with E-state index in [4.69, 9.17) is 33.2 Å². The molecular weight excluding hydrogens is 484 g/mol. The number of nitrogens with one attached hydrogen (secondary N) is 1. The first-order chi connectivity index (χ1) is 15.4. The molecule has 1 aromatic carbocycles. The highest BCUT2D eigenvalue weighted by Crippen LogP contribution is 2.35. The molecule has 0 saturated carbocycles. The lowest BCUT2D eigenvalue weighted by molar-refractivity contribution is -0.142. The third-order valence-electron chi connectivity index (χ3n) is 5.29. The molecule has 12 heteroatoms. The Bertz CT molecular complexity index is 1220. The number of aromatic nitrogens is 2. The topological polar surface area (TPSA) is 97.0 Å². The van der Waals surface area contributed by atoms with Crippen molar-refractivity contribution >= 4 is 29.1 Å². The molecule has 0 aliphatic carbocycles. The van der Waals surface area contributed by atoms with Crippen LogP contribution < -0.4 is 15.6 Å². The maximum atomic E-state index is 13.6. The zero-order valence-corrected chi connectivity index (χ0v) is 18.8. The zero-order chi connectivity index (χ0) is 24.5. The smallest absolute Gasteiger partial charge is 0.437 e. The largest absolute Gasteiger partial charge is 0.449 e. The average molecular weight is 501 g/mol. The van der Waals surface area contributed by atoms with Crippen molar-refractivity contribution in [2.45, 2.75) is 32.6 Å². The summed E-state index contributed by atoms with van der Waals surface area (Å²) in [4.78, 5) is 28.4. The Morgan fingerprint density at radius 2 is 1.94 bits per heavy atom. The number of amides is 1. The van der Waals surface area contributed by atoms with Gasteiger partial charge in [0, 0.05) is 23.5 Å². The fourth-order valence-corrected chi connectivity index (χ4v) is 3.78. The molecule has 2 aromatic rings. The van der Waals surface area contributed by atoms with E-state index in [1.807, 2.05) is 6.92 Å². The van der Waals surface area contributed by atoms with Crippen LogP contribution in [0.3, 0.4) is 0 Å². The summed E-state index contributed by atoms with van der Waals surface area (Å²) in [5, 5.41) is 11.7. The fraction of sp³-hybridized carbons (Fsp3) is 0.333. The summed E-state index contributed by atoms with van der Waals surface area (Å²) in [5.41, 5.74) is -2.58. The first-order valence-electron chi connectivity index (χ1n) is 9.64. The maximum absolute atomic E-state index is 13.6. The van der Waals surface area contributed by atoms with E-state index in [1.54, 1.807) is 13.0 Å². The quantitative estimate of drug-likeness (QED) is 0.667. The van der Waals surface area contributed by atoms with Crippen LogP contribution in [0.15, 0.2) is 40.4 Å². The minimum atomic E-state index is -4.98. The highest BCUT2D eigenvalue weighted by atomic mass is 35.5. The standard InChI is InChI=1S/C21H17Cl2F3N4O3/c1-10-11(2)29-19(31)16(23)5-13(10)8-30-9-28-18(21(24,25)26)17(20(30)32)33-15-4-12(7-27)3-14(22)6-15/h3-6,9-11,13H,8H2,1-2H3,(H,29,31). The predicted molar refractivity (Wildman–Crippen MR) is 114 cm³/mol. The van der Waals surface area contributed by atoms with Gasteiger partial charge in [-0.15, -0.1) is 0 Å². The second-order valence-electron chi connectivity index (χ2n) is 7.57. The van der Waals surface area contributed by atoms with E-state index in [-0.39, 0.29) is 39.9 Å². The van der Waals surface area contributed by atoms with Crippen molar-refractivity contribution in [3.05, 3.63) is 62.3 Å².